The standard InChI is InChI=1S/C13H14F2O/c1-3-5-9(4-2)13(16)11-8-10(14)6-7-12(11)15/h3-8,13,16H,1-2H3/b5-3-,9-4+. The molecule has 0 fully saturated rings. The van der Waals surface area contributed by atoms with E-state index in [4.69, 9.17) is 0 Å². The normalized spacial score (nSPS) is 14.4. The molecular weight excluding hydrogens is 210 g/mol. The second-order valence-corrected chi connectivity index (χ2v) is 3.36. The van der Waals surface area contributed by atoms with Gasteiger partial charge in [-0.3, -0.25) is 0 Å². The fraction of sp³-hybridized carbons (Fsp3) is 0.231. The number of allylic oxidation sites excluding steroid dienone is 2. The summed E-state index contributed by atoms with van der Waals surface area (Å²) in [6.07, 6.45) is 3.91. The Hall–Kier alpha value is -1.48. The van der Waals surface area contributed by atoms with Crippen molar-refractivity contribution < 1.29 is 13.9 Å². The van der Waals surface area contributed by atoms with Crippen LogP contribution in [0.3, 0.4) is 0 Å². The van der Waals surface area contributed by atoms with Gasteiger partial charge in [0, 0.05) is 5.56 Å². The zero-order valence-corrected chi connectivity index (χ0v) is 9.24. The zero-order valence-electron chi connectivity index (χ0n) is 9.24. The Morgan fingerprint density at radius 2 is 2.00 bits per heavy atom. The molecule has 0 aliphatic rings. The largest absolute Gasteiger partial charge is 0.384 e. The third kappa shape index (κ3) is 2.76. The van der Waals surface area contributed by atoms with Crippen LogP contribution in [0.1, 0.15) is 25.5 Å². The number of rotatable bonds is 3. The molecule has 0 aromatic heterocycles. The van der Waals surface area contributed by atoms with E-state index in [9.17, 15) is 13.9 Å². The maximum atomic E-state index is 13.4. The molecule has 0 bridgehead atoms. The van der Waals surface area contributed by atoms with Gasteiger partial charge in [-0.05, 0) is 37.6 Å². The third-order valence-electron chi connectivity index (χ3n) is 2.26. The van der Waals surface area contributed by atoms with E-state index in [2.05, 4.69) is 0 Å². The molecular formula is C13H14F2O. The Balaban J connectivity index is 3.12. The first-order valence-electron chi connectivity index (χ1n) is 5.02. The van der Waals surface area contributed by atoms with E-state index >= 15 is 0 Å². The van der Waals surface area contributed by atoms with Gasteiger partial charge in [-0.25, -0.2) is 8.78 Å². The maximum absolute atomic E-state index is 13.4. The molecule has 0 aliphatic carbocycles. The fourth-order valence-electron chi connectivity index (χ4n) is 1.44. The fourth-order valence-corrected chi connectivity index (χ4v) is 1.44. The Morgan fingerprint density at radius 3 is 2.56 bits per heavy atom. The predicted octanol–water partition coefficient (Wildman–Crippen LogP) is 3.52. The van der Waals surface area contributed by atoms with Crippen molar-refractivity contribution >= 4 is 0 Å². The van der Waals surface area contributed by atoms with Gasteiger partial charge in [-0.2, -0.15) is 0 Å². The van der Waals surface area contributed by atoms with Crippen LogP contribution >= 0.6 is 0 Å². The zero-order chi connectivity index (χ0) is 12.1. The van der Waals surface area contributed by atoms with Crippen LogP contribution in [0.25, 0.3) is 0 Å². The average Bonchev–Trinajstić information content (AvgIpc) is 2.28. The van der Waals surface area contributed by atoms with E-state index in [0.29, 0.717) is 5.57 Å². The summed E-state index contributed by atoms with van der Waals surface area (Å²) in [5.74, 6) is -1.18. The molecule has 1 rings (SSSR count). The Bertz CT molecular complexity index is 422. The van der Waals surface area contributed by atoms with Gasteiger partial charge in [0.1, 0.15) is 17.7 Å². The lowest BCUT2D eigenvalue weighted by Crippen LogP contribution is -2.03. The molecule has 0 saturated heterocycles. The van der Waals surface area contributed by atoms with Gasteiger partial charge in [-0.15, -0.1) is 0 Å². The summed E-state index contributed by atoms with van der Waals surface area (Å²) in [6.45, 7) is 3.52. The predicted molar refractivity (Wildman–Crippen MR) is 59.9 cm³/mol. The van der Waals surface area contributed by atoms with E-state index in [-0.39, 0.29) is 5.56 Å². The van der Waals surface area contributed by atoms with Crippen molar-refractivity contribution in [3.8, 4) is 0 Å². The summed E-state index contributed by atoms with van der Waals surface area (Å²) in [5, 5.41) is 9.89. The minimum Gasteiger partial charge on any atom is -0.384 e. The van der Waals surface area contributed by atoms with Crippen molar-refractivity contribution in [1.82, 2.24) is 0 Å². The molecule has 3 heteroatoms. The number of halogens is 2. The van der Waals surface area contributed by atoms with Gasteiger partial charge in [0.15, 0.2) is 0 Å². The van der Waals surface area contributed by atoms with Crippen molar-refractivity contribution in [2.75, 3.05) is 0 Å². The molecule has 0 amide bonds. The SMILES string of the molecule is C/C=C\C(=C/C)C(O)c1cc(F)ccc1F. The number of benzene rings is 1. The highest BCUT2D eigenvalue weighted by Gasteiger charge is 2.15. The molecule has 1 aromatic carbocycles. The minimum atomic E-state index is -1.14. The molecule has 1 aromatic rings. The van der Waals surface area contributed by atoms with E-state index in [1.54, 1.807) is 32.1 Å². The summed E-state index contributed by atoms with van der Waals surface area (Å²) in [5.41, 5.74) is 0.484. The van der Waals surface area contributed by atoms with E-state index in [1.165, 1.54) is 0 Å². The molecule has 1 nitrogen and oxygen atoms in total. The highest BCUT2D eigenvalue weighted by Crippen LogP contribution is 2.25. The minimum absolute atomic E-state index is 0.0498. The number of hydrogen-bond acceptors (Lipinski definition) is 1. The van der Waals surface area contributed by atoms with Crippen LogP contribution in [0.2, 0.25) is 0 Å². The van der Waals surface area contributed by atoms with Crippen molar-refractivity contribution in [2.45, 2.75) is 20.0 Å². The van der Waals surface area contributed by atoms with Crippen LogP contribution < -0.4 is 0 Å². The first kappa shape index (κ1) is 12.6. The van der Waals surface area contributed by atoms with Crippen molar-refractivity contribution in [2.24, 2.45) is 0 Å². The first-order chi connectivity index (χ1) is 7.60. The van der Waals surface area contributed by atoms with Gasteiger partial charge in [0.25, 0.3) is 0 Å². The van der Waals surface area contributed by atoms with E-state index < -0.39 is 17.7 Å². The van der Waals surface area contributed by atoms with Gasteiger partial charge < -0.3 is 5.11 Å². The van der Waals surface area contributed by atoms with Crippen molar-refractivity contribution in [3.63, 3.8) is 0 Å². The Labute approximate surface area is 93.7 Å². The third-order valence-corrected chi connectivity index (χ3v) is 2.26. The van der Waals surface area contributed by atoms with Crippen molar-refractivity contribution in [3.05, 3.63) is 59.2 Å². The van der Waals surface area contributed by atoms with Crippen LogP contribution in [-0.4, -0.2) is 5.11 Å². The molecule has 0 aliphatic heterocycles. The maximum Gasteiger partial charge on any atom is 0.129 e. The van der Waals surface area contributed by atoms with Crippen LogP contribution in [0, 0.1) is 11.6 Å². The molecule has 86 valence electrons. The average molecular weight is 224 g/mol. The molecule has 1 atom stereocenters. The number of aliphatic hydroxyl groups excluding tert-OH is 1. The molecule has 0 radical (unpaired) electrons. The number of aliphatic hydroxyl groups is 1. The van der Waals surface area contributed by atoms with Crippen LogP contribution in [0.5, 0.6) is 0 Å². The van der Waals surface area contributed by atoms with Crippen LogP contribution in [-0.2, 0) is 0 Å². The highest BCUT2D eigenvalue weighted by molar-refractivity contribution is 5.33. The Morgan fingerprint density at radius 1 is 1.31 bits per heavy atom. The quantitative estimate of drug-likeness (QED) is 0.779. The summed E-state index contributed by atoms with van der Waals surface area (Å²) in [4.78, 5) is 0. The van der Waals surface area contributed by atoms with E-state index in [1.807, 2.05) is 0 Å². The summed E-state index contributed by atoms with van der Waals surface area (Å²) in [7, 11) is 0. The summed E-state index contributed by atoms with van der Waals surface area (Å²) >= 11 is 0. The van der Waals surface area contributed by atoms with E-state index in [0.717, 1.165) is 18.2 Å². The Kier molecular flexibility index (Phi) is 4.38. The molecule has 1 N–H and O–H groups in total. The second-order valence-electron chi connectivity index (χ2n) is 3.36. The second kappa shape index (κ2) is 5.56. The lowest BCUT2D eigenvalue weighted by molar-refractivity contribution is 0.213. The smallest absolute Gasteiger partial charge is 0.129 e. The molecule has 0 heterocycles. The molecule has 0 saturated carbocycles. The highest BCUT2D eigenvalue weighted by atomic mass is 19.1. The molecule has 16 heavy (non-hydrogen) atoms. The first-order valence-corrected chi connectivity index (χ1v) is 5.02. The van der Waals surface area contributed by atoms with Crippen LogP contribution in [0.4, 0.5) is 8.78 Å². The molecule has 1 unspecified atom stereocenters. The number of hydrogen-bond donors (Lipinski definition) is 1. The lowest BCUT2D eigenvalue weighted by atomic mass is 10.0. The van der Waals surface area contributed by atoms with Gasteiger partial charge in [0.05, 0.1) is 0 Å². The summed E-state index contributed by atoms with van der Waals surface area (Å²) in [6, 6.07) is 3.04. The lowest BCUT2D eigenvalue weighted by Gasteiger charge is -2.13. The summed E-state index contributed by atoms with van der Waals surface area (Å²) < 4.78 is 26.3. The monoisotopic (exact) mass is 224 g/mol. The van der Waals surface area contributed by atoms with Crippen LogP contribution in [0.15, 0.2) is 42.0 Å². The van der Waals surface area contributed by atoms with Crippen molar-refractivity contribution in [1.29, 1.82) is 0 Å². The van der Waals surface area contributed by atoms with Gasteiger partial charge in [0.2, 0.25) is 0 Å². The topological polar surface area (TPSA) is 20.2 Å². The van der Waals surface area contributed by atoms with Gasteiger partial charge in [-0.1, -0.05) is 18.2 Å². The molecule has 0 spiro atoms. The van der Waals surface area contributed by atoms with Gasteiger partial charge >= 0.3 is 0 Å².